The van der Waals surface area contributed by atoms with Crippen LogP contribution in [0.5, 0.6) is 0 Å². The number of hydrogen-bond acceptors (Lipinski definition) is 4. The zero-order chi connectivity index (χ0) is 18.5. The van der Waals surface area contributed by atoms with Crippen molar-refractivity contribution in [3.63, 3.8) is 0 Å². The Morgan fingerprint density at radius 3 is 2.56 bits per heavy atom. The Morgan fingerprint density at radius 1 is 1.07 bits per heavy atom. The third-order valence-corrected chi connectivity index (χ3v) is 5.20. The number of pyridine rings is 1. The van der Waals surface area contributed by atoms with Crippen LogP contribution in [0.1, 0.15) is 24.0 Å². The summed E-state index contributed by atoms with van der Waals surface area (Å²) in [7, 11) is 0. The number of nitrogens with one attached hydrogen (secondary N) is 1. The van der Waals surface area contributed by atoms with Crippen molar-refractivity contribution in [1.82, 2.24) is 10.3 Å². The van der Waals surface area contributed by atoms with Crippen LogP contribution in [0.15, 0.2) is 71.7 Å². The molecule has 0 radical (unpaired) electrons. The molecular formula is C22H22N2O3. The quantitative estimate of drug-likeness (QED) is 0.752. The molecule has 0 unspecified atom stereocenters. The van der Waals surface area contributed by atoms with E-state index in [4.69, 9.17) is 9.15 Å². The summed E-state index contributed by atoms with van der Waals surface area (Å²) in [5.74, 6) is 0.0518. The van der Waals surface area contributed by atoms with Gasteiger partial charge in [0.05, 0.1) is 23.6 Å². The second-order valence-corrected chi connectivity index (χ2v) is 6.81. The molecule has 138 valence electrons. The lowest BCUT2D eigenvalue weighted by molar-refractivity contribution is -0.130. The normalized spacial score (nSPS) is 16.0. The van der Waals surface area contributed by atoms with Crippen molar-refractivity contribution in [2.75, 3.05) is 13.2 Å². The first-order valence-electron chi connectivity index (χ1n) is 9.17. The van der Waals surface area contributed by atoms with E-state index in [2.05, 4.69) is 10.3 Å². The van der Waals surface area contributed by atoms with Crippen LogP contribution in [0.25, 0.3) is 11.3 Å². The molecule has 0 bridgehead atoms. The van der Waals surface area contributed by atoms with Gasteiger partial charge in [0.1, 0.15) is 0 Å². The van der Waals surface area contributed by atoms with Gasteiger partial charge < -0.3 is 14.5 Å². The molecule has 1 fully saturated rings. The predicted octanol–water partition coefficient (Wildman–Crippen LogP) is 3.71. The second-order valence-electron chi connectivity index (χ2n) is 6.81. The monoisotopic (exact) mass is 362 g/mol. The smallest absolute Gasteiger partial charge is 0.231 e. The minimum absolute atomic E-state index is 0.0518. The highest BCUT2D eigenvalue weighted by atomic mass is 16.5. The third kappa shape index (κ3) is 3.64. The molecule has 3 aromatic rings. The van der Waals surface area contributed by atoms with E-state index in [1.165, 1.54) is 0 Å². The first-order valence-corrected chi connectivity index (χ1v) is 9.17. The van der Waals surface area contributed by atoms with Crippen LogP contribution in [0.3, 0.4) is 0 Å². The van der Waals surface area contributed by atoms with Crippen LogP contribution >= 0.6 is 0 Å². The van der Waals surface area contributed by atoms with Gasteiger partial charge in [-0.25, -0.2) is 0 Å². The molecule has 27 heavy (non-hydrogen) atoms. The lowest BCUT2D eigenvalue weighted by atomic mass is 9.73. The molecule has 4 rings (SSSR count). The van der Waals surface area contributed by atoms with Gasteiger partial charge in [0.2, 0.25) is 5.91 Å². The number of amides is 1. The van der Waals surface area contributed by atoms with Crippen molar-refractivity contribution in [3.8, 4) is 11.3 Å². The highest BCUT2D eigenvalue weighted by Crippen LogP contribution is 2.35. The topological polar surface area (TPSA) is 64.4 Å². The maximum Gasteiger partial charge on any atom is 0.231 e. The van der Waals surface area contributed by atoms with Crippen molar-refractivity contribution in [3.05, 3.63) is 78.4 Å². The number of hydrogen-bond donors (Lipinski definition) is 1. The van der Waals surface area contributed by atoms with Gasteiger partial charge in [0.25, 0.3) is 0 Å². The molecule has 1 aliphatic heterocycles. The first kappa shape index (κ1) is 17.5. The van der Waals surface area contributed by atoms with E-state index >= 15 is 0 Å². The molecule has 1 aliphatic rings. The molecule has 1 saturated heterocycles. The van der Waals surface area contributed by atoms with Gasteiger partial charge in [-0.1, -0.05) is 36.4 Å². The number of carbonyl (C=O) groups is 1. The van der Waals surface area contributed by atoms with Crippen LogP contribution in [0.2, 0.25) is 0 Å². The Balaban J connectivity index is 1.47. The van der Waals surface area contributed by atoms with Crippen LogP contribution in [-0.4, -0.2) is 24.1 Å². The van der Waals surface area contributed by atoms with Gasteiger partial charge in [0, 0.05) is 31.5 Å². The predicted molar refractivity (Wildman–Crippen MR) is 102 cm³/mol. The molecular weight excluding hydrogens is 340 g/mol. The number of furan rings is 1. The fraction of sp³-hybridized carbons (Fsp3) is 0.273. The fourth-order valence-corrected chi connectivity index (χ4v) is 3.59. The SMILES string of the molecule is O=C(NCc1ccc(-c2ccoc2)nc1)C1(c2ccccc2)CCOCC1. The zero-order valence-corrected chi connectivity index (χ0v) is 15.1. The average molecular weight is 362 g/mol. The van der Waals surface area contributed by atoms with Gasteiger partial charge in [-0.3, -0.25) is 9.78 Å². The van der Waals surface area contributed by atoms with Gasteiger partial charge in [-0.15, -0.1) is 0 Å². The van der Waals surface area contributed by atoms with Gasteiger partial charge in [0.15, 0.2) is 0 Å². The number of ether oxygens (including phenoxy) is 1. The van der Waals surface area contributed by atoms with Gasteiger partial charge in [-0.2, -0.15) is 0 Å². The maximum absolute atomic E-state index is 13.1. The summed E-state index contributed by atoms with van der Waals surface area (Å²) in [5, 5.41) is 3.11. The largest absolute Gasteiger partial charge is 0.472 e. The molecule has 5 heteroatoms. The van der Waals surface area contributed by atoms with Gasteiger partial charge in [-0.05, 0) is 36.1 Å². The molecule has 0 saturated carbocycles. The van der Waals surface area contributed by atoms with Crippen molar-refractivity contribution in [1.29, 1.82) is 0 Å². The van der Waals surface area contributed by atoms with E-state index in [1.807, 2.05) is 48.5 Å². The summed E-state index contributed by atoms with van der Waals surface area (Å²) < 4.78 is 10.6. The molecule has 2 aromatic heterocycles. The number of nitrogens with zero attached hydrogens (tertiary/aromatic N) is 1. The van der Waals surface area contributed by atoms with E-state index in [-0.39, 0.29) is 5.91 Å². The molecule has 0 spiro atoms. The summed E-state index contributed by atoms with van der Waals surface area (Å²) in [6.07, 6.45) is 6.48. The van der Waals surface area contributed by atoms with Crippen molar-refractivity contribution >= 4 is 5.91 Å². The van der Waals surface area contributed by atoms with Crippen LogP contribution < -0.4 is 5.32 Å². The Kier molecular flexibility index (Phi) is 5.03. The van der Waals surface area contributed by atoms with Crippen molar-refractivity contribution in [2.45, 2.75) is 24.8 Å². The van der Waals surface area contributed by atoms with E-state index < -0.39 is 5.41 Å². The number of aromatic nitrogens is 1. The summed E-state index contributed by atoms with van der Waals surface area (Å²) in [6, 6.07) is 15.8. The molecule has 0 atom stereocenters. The molecule has 0 aliphatic carbocycles. The summed E-state index contributed by atoms with van der Waals surface area (Å²) in [5.41, 5.74) is 3.29. The van der Waals surface area contributed by atoms with Crippen LogP contribution in [0.4, 0.5) is 0 Å². The van der Waals surface area contributed by atoms with Crippen molar-refractivity contribution < 1.29 is 13.9 Å². The average Bonchev–Trinajstić information content (AvgIpc) is 3.28. The minimum Gasteiger partial charge on any atom is -0.472 e. The number of benzene rings is 1. The summed E-state index contributed by atoms with van der Waals surface area (Å²) in [6.45, 7) is 1.65. The fourth-order valence-electron chi connectivity index (χ4n) is 3.59. The lowest BCUT2D eigenvalue weighted by Gasteiger charge is -2.36. The zero-order valence-electron chi connectivity index (χ0n) is 15.1. The summed E-state index contributed by atoms with van der Waals surface area (Å²) >= 11 is 0. The molecule has 3 heterocycles. The minimum atomic E-state index is -0.524. The Bertz CT molecular complexity index is 868. The highest BCUT2D eigenvalue weighted by molar-refractivity contribution is 5.88. The van der Waals surface area contributed by atoms with E-state index in [0.717, 1.165) is 22.4 Å². The molecule has 1 aromatic carbocycles. The maximum atomic E-state index is 13.1. The van der Waals surface area contributed by atoms with Crippen LogP contribution in [-0.2, 0) is 21.5 Å². The lowest BCUT2D eigenvalue weighted by Crippen LogP contribution is -2.47. The van der Waals surface area contributed by atoms with E-state index in [0.29, 0.717) is 32.6 Å². The Morgan fingerprint density at radius 2 is 1.89 bits per heavy atom. The third-order valence-electron chi connectivity index (χ3n) is 5.20. The number of carbonyl (C=O) groups excluding carboxylic acids is 1. The first-order chi connectivity index (χ1) is 13.3. The van der Waals surface area contributed by atoms with Gasteiger partial charge >= 0.3 is 0 Å². The highest BCUT2D eigenvalue weighted by Gasteiger charge is 2.41. The molecule has 1 amide bonds. The Labute approximate surface area is 158 Å². The Hall–Kier alpha value is -2.92. The standard InChI is InChI=1S/C22H22N2O3/c25-21(22(9-12-26-13-10-22)19-4-2-1-3-5-19)24-15-17-6-7-20(23-14-17)18-8-11-27-16-18/h1-8,11,14,16H,9-10,12-13,15H2,(H,24,25). The van der Waals surface area contributed by atoms with Crippen molar-refractivity contribution in [2.24, 2.45) is 0 Å². The number of rotatable bonds is 5. The second kappa shape index (κ2) is 7.76. The van der Waals surface area contributed by atoms with E-state index in [1.54, 1.807) is 18.7 Å². The van der Waals surface area contributed by atoms with Crippen LogP contribution in [0, 0.1) is 0 Å². The summed E-state index contributed by atoms with van der Waals surface area (Å²) in [4.78, 5) is 17.6. The van der Waals surface area contributed by atoms with E-state index in [9.17, 15) is 4.79 Å². The molecule has 5 nitrogen and oxygen atoms in total. The molecule has 1 N–H and O–H groups in total.